The van der Waals surface area contributed by atoms with E-state index in [9.17, 15) is 13.8 Å². The van der Waals surface area contributed by atoms with E-state index in [1.807, 2.05) is 0 Å². The summed E-state index contributed by atoms with van der Waals surface area (Å²) in [5, 5.41) is 20.6. The molecule has 1 fully saturated rings. The minimum Gasteiger partial charge on any atom is -0.478 e. The largest absolute Gasteiger partial charge is 0.478 e. The van der Waals surface area contributed by atoms with E-state index in [1.165, 1.54) is 23.5 Å². The highest BCUT2D eigenvalue weighted by atomic mass is 32.2. The number of carboxylic acids is 1. The lowest BCUT2D eigenvalue weighted by Gasteiger charge is -2.04. The second kappa shape index (κ2) is 8.47. The fourth-order valence-electron chi connectivity index (χ4n) is 2.52. The normalized spacial score (nSPS) is 17.8. The Kier molecular flexibility index (Phi) is 6.07. The maximum atomic E-state index is 12.2. The van der Waals surface area contributed by atoms with Crippen LogP contribution < -0.4 is 5.32 Å². The fourth-order valence-corrected chi connectivity index (χ4v) is 4.38. The Morgan fingerprint density at radius 2 is 2.23 bits per heavy atom. The summed E-state index contributed by atoms with van der Waals surface area (Å²) in [5.41, 5.74) is 0.729. The predicted molar refractivity (Wildman–Crippen MR) is 96.6 cm³/mol. The minimum atomic E-state index is -1.46. The van der Waals surface area contributed by atoms with E-state index >= 15 is 0 Å². The molecule has 1 aliphatic rings. The molecule has 1 aliphatic heterocycles. The van der Waals surface area contributed by atoms with Gasteiger partial charge in [0.05, 0.1) is 5.56 Å². The molecule has 10 heteroatoms. The average molecular weight is 395 g/mol. The number of carbonyl (C=O) groups is 2. The van der Waals surface area contributed by atoms with Crippen molar-refractivity contribution in [1.29, 1.82) is 0 Å². The third-order valence-corrected chi connectivity index (χ3v) is 5.86. The second-order valence-corrected chi connectivity index (χ2v) is 8.20. The van der Waals surface area contributed by atoms with Gasteiger partial charge in [0.1, 0.15) is 16.9 Å². The average Bonchev–Trinajstić information content (AvgIpc) is 3.26. The number of aromatic carboxylic acids is 1. The summed E-state index contributed by atoms with van der Waals surface area (Å²) in [6.45, 7) is 0.702. The molecule has 2 heterocycles. The molecule has 2 atom stereocenters. The van der Waals surface area contributed by atoms with Gasteiger partial charge < -0.3 is 9.84 Å². The van der Waals surface area contributed by atoms with Gasteiger partial charge in [-0.2, -0.15) is 0 Å². The number of aromatic nitrogens is 2. The summed E-state index contributed by atoms with van der Waals surface area (Å²) in [7, 11) is -1.46. The maximum Gasteiger partial charge on any atom is 0.335 e. The van der Waals surface area contributed by atoms with Crippen LogP contribution in [-0.4, -0.2) is 43.7 Å². The van der Waals surface area contributed by atoms with Gasteiger partial charge in [-0.1, -0.05) is 23.5 Å². The zero-order chi connectivity index (χ0) is 18.5. The Bertz CT molecular complexity index is 833. The summed E-state index contributed by atoms with van der Waals surface area (Å²) < 4.78 is 17.7. The van der Waals surface area contributed by atoms with Crippen LogP contribution in [-0.2, 0) is 26.1 Å². The Hall–Kier alpha value is -2.17. The number of rotatable bonds is 7. The first-order valence-corrected chi connectivity index (χ1v) is 10.2. The van der Waals surface area contributed by atoms with Gasteiger partial charge in [0.25, 0.3) is 0 Å². The molecular formula is C16H17N3O5S2. The molecule has 1 aromatic carbocycles. The molecule has 1 saturated heterocycles. The third-order valence-electron chi connectivity index (χ3n) is 3.69. The molecule has 8 nitrogen and oxygen atoms in total. The number of hydrogen-bond acceptors (Lipinski definition) is 7. The van der Waals surface area contributed by atoms with Crippen LogP contribution >= 0.6 is 11.3 Å². The smallest absolute Gasteiger partial charge is 0.335 e. The van der Waals surface area contributed by atoms with Crippen LogP contribution in [0.25, 0.3) is 0 Å². The standard InChI is InChI=1S/C16H17N3O5S2/c20-13(17-16-19-18-14(25-16)12-5-2-6-24-12)9-26(23)8-10-3-1-4-11(7-10)15(21)22/h1,3-4,7,12H,2,5-6,8-9H2,(H,21,22)(H,17,19,20). The summed E-state index contributed by atoms with van der Waals surface area (Å²) in [6.07, 6.45) is 1.81. The van der Waals surface area contributed by atoms with Gasteiger partial charge >= 0.3 is 5.97 Å². The van der Waals surface area contributed by atoms with E-state index in [-0.39, 0.29) is 23.2 Å². The quantitative estimate of drug-likeness (QED) is 0.736. The van der Waals surface area contributed by atoms with Gasteiger partial charge in [-0.15, -0.1) is 10.2 Å². The van der Waals surface area contributed by atoms with Gasteiger partial charge in [0, 0.05) is 23.2 Å². The van der Waals surface area contributed by atoms with Gasteiger partial charge in [-0.05, 0) is 30.5 Å². The number of ether oxygens (including phenoxy) is 1. The van der Waals surface area contributed by atoms with E-state index in [4.69, 9.17) is 9.84 Å². The van der Waals surface area contributed by atoms with Crippen LogP contribution in [0, 0.1) is 0 Å². The van der Waals surface area contributed by atoms with Crippen LogP contribution in [0.15, 0.2) is 24.3 Å². The van der Waals surface area contributed by atoms with E-state index in [0.29, 0.717) is 17.3 Å². The molecule has 3 rings (SSSR count). The molecule has 0 radical (unpaired) electrons. The third kappa shape index (κ3) is 4.93. The SMILES string of the molecule is O=C(CS(=O)Cc1cccc(C(=O)O)c1)Nc1nnc(C2CCCO2)s1. The lowest BCUT2D eigenvalue weighted by Crippen LogP contribution is -2.20. The molecule has 2 aromatic rings. The van der Waals surface area contributed by atoms with Crippen molar-refractivity contribution in [2.75, 3.05) is 17.7 Å². The number of benzene rings is 1. The van der Waals surface area contributed by atoms with E-state index in [2.05, 4.69) is 15.5 Å². The zero-order valence-corrected chi connectivity index (χ0v) is 15.3. The number of carboxylic acid groups (broad SMARTS) is 1. The molecular weight excluding hydrogens is 378 g/mol. The number of anilines is 1. The Morgan fingerprint density at radius 3 is 2.96 bits per heavy atom. The van der Waals surface area contributed by atoms with Crippen molar-refractivity contribution in [3.8, 4) is 0 Å². The number of carbonyl (C=O) groups excluding carboxylic acids is 1. The Morgan fingerprint density at radius 1 is 1.38 bits per heavy atom. The lowest BCUT2D eigenvalue weighted by molar-refractivity contribution is -0.113. The second-order valence-electron chi connectivity index (χ2n) is 5.73. The first-order chi connectivity index (χ1) is 12.5. The monoisotopic (exact) mass is 395 g/mol. The van der Waals surface area contributed by atoms with Crippen molar-refractivity contribution < 1.29 is 23.6 Å². The van der Waals surface area contributed by atoms with Crippen molar-refractivity contribution in [2.45, 2.75) is 24.7 Å². The van der Waals surface area contributed by atoms with Crippen molar-refractivity contribution in [3.63, 3.8) is 0 Å². The molecule has 26 heavy (non-hydrogen) atoms. The summed E-state index contributed by atoms with van der Waals surface area (Å²) >= 11 is 1.25. The van der Waals surface area contributed by atoms with Crippen LogP contribution in [0.5, 0.6) is 0 Å². The first-order valence-electron chi connectivity index (χ1n) is 7.93. The van der Waals surface area contributed by atoms with Crippen molar-refractivity contribution in [1.82, 2.24) is 10.2 Å². The topological polar surface area (TPSA) is 118 Å². The maximum absolute atomic E-state index is 12.2. The number of amides is 1. The van der Waals surface area contributed by atoms with Gasteiger partial charge in [0.2, 0.25) is 11.0 Å². The Balaban J connectivity index is 1.52. The summed E-state index contributed by atoms with van der Waals surface area (Å²) in [6, 6.07) is 6.18. The predicted octanol–water partition coefficient (Wildman–Crippen LogP) is 1.98. The molecule has 2 N–H and O–H groups in total. The van der Waals surface area contributed by atoms with Crippen LogP contribution in [0.1, 0.15) is 39.9 Å². The first kappa shape index (κ1) is 18.6. The highest BCUT2D eigenvalue weighted by molar-refractivity contribution is 7.84. The highest BCUT2D eigenvalue weighted by Gasteiger charge is 2.22. The van der Waals surface area contributed by atoms with E-state index < -0.39 is 22.7 Å². The minimum absolute atomic E-state index is 0.0613. The highest BCUT2D eigenvalue weighted by Crippen LogP contribution is 2.31. The van der Waals surface area contributed by atoms with Crippen molar-refractivity contribution in [2.24, 2.45) is 0 Å². The molecule has 0 bridgehead atoms. The van der Waals surface area contributed by atoms with Gasteiger partial charge in [-0.25, -0.2) is 4.79 Å². The van der Waals surface area contributed by atoms with Gasteiger partial charge in [-0.3, -0.25) is 14.3 Å². The lowest BCUT2D eigenvalue weighted by atomic mass is 10.1. The molecule has 0 aliphatic carbocycles. The number of nitrogens with zero attached hydrogens (tertiary/aromatic N) is 2. The zero-order valence-electron chi connectivity index (χ0n) is 13.7. The molecule has 138 valence electrons. The fraction of sp³-hybridized carbons (Fsp3) is 0.375. The van der Waals surface area contributed by atoms with Gasteiger partial charge in [0.15, 0.2) is 0 Å². The molecule has 0 saturated carbocycles. The van der Waals surface area contributed by atoms with Crippen molar-refractivity contribution in [3.05, 3.63) is 40.4 Å². The molecule has 2 unspecified atom stereocenters. The van der Waals surface area contributed by atoms with E-state index in [0.717, 1.165) is 17.8 Å². The van der Waals surface area contributed by atoms with Crippen LogP contribution in [0.4, 0.5) is 5.13 Å². The molecule has 1 aromatic heterocycles. The Labute approximate surface area is 156 Å². The van der Waals surface area contributed by atoms with Crippen LogP contribution in [0.3, 0.4) is 0 Å². The summed E-state index contributed by atoms with van der Waals surface area (Å²) in [5.74, 6) is -1.57. The van der Waals surface area contributed by atoms with Crippen molar-refractivity contribution >= 4 is 39.1 Å². The summed E-state index contributed by atoms with van der Waals surface area (Å²) in [4.78, 5) is 23.0. The van der Waals surface area contributed by atoms with Crippen LogP contribution in [0.2, 0.25) is 0 Å². The molecule has 0 spiro atoms. The van der Waals surface area contributed by atoms with E-state index in [1.54, 1.807) is 12.1 Å². The number of nitrogens with one attached hydrogen (secondary N) is 1. The number of hydrogen-bond donors (Lipinski definition) is 2. The molecule has 1 amide bonds.